The number of ether oxygens (including phenoxy) is 2. The Labute approximate surface area is 90.6 Å². The molecule has 1 aromatic carbocycles. The fourth-order valence-corrected chi connectivity index (χ4v) is 0.997. The molecule has 0 aliphatic rings. The van der Waals surface area contributed by atoms with Crippen molar-refractivity contribution in [1.29, 1.82) is 0 Å². The average Bonchev–Trinajstić information content (AvgIpc) is 2.16. The molecule has 0 bridgehead atoms. The molecule has 1 rings (SSSR count). The van der Waals surface area contributed by atoms with E-state index in [2.05, 4.69) is 0 Å². The third-order valence-electron chi connectivity index (χ3n) is 1.50. The summed E-state index contributed by atoms with van der Waals surface area (Å²) in [6, 6.07) is 7.55. The van der Waals surface area contributed by atoms with Gasteiger partial charge in [0.05, 0.1) is 6.61 Å². The van der Waals surface area contributed by atoms with Gasteiger partial charge in [-0.1, -0.05) is 6.07 Å². The largest absolute Gasteiger partial charge is 0.494 e. The van der Waals surface area contributed by atoms with Crippen molar-refractivity contribution in [2.75, 3.05) is 19.8 Å². The van der Waals surface area contributed by atoms with Crippen molar-refractivity contribution in [3.63, 3.8) is 0 Å². The molecule has 0 unspecified atom stereocenters. The molecule has 0 radical (unpaired) electrons. The van der Waals surface area contributed by atoms with Gasteiger partial charge in [-0.15, -0.1) is 12.4 Å². The van der Waals surface area contributed by atoms with Crippen LogP contribution in [-0.2, 0) is 0 Å². The predicted molar refractivity (Wildman–Crippen MR) is 59.4 cm³/mol. The summed E-state index contributed by atoms with van der Waals surface area (Å²) in [6.07, 6.45) is 0. The van der Waals surface area contributed by atoms with Crippen molar-refractivity contribution in [1.82, 2.24) is 0 Å². The first-order valence-electron chi connectivity index (χ1n) is 4.42. The highest BCUT2D eigenvalue weighted by Gasteiger charge is 1.95. The van der Waals surface area contributed by atoms with Crippen LogP contribution in [0.25, 0.3) is 0 Å². The molecule has 0 amide bonds. The van der Waals surface area contributed by atoms with Gasteiger partial charge in [0, 0.05) is 12.6 Å². The Balaban J connectivity index is 0.00000169. The molecule has 0 aliphatic carbocycles. The van der Waals surface area contributed by atoms with E-state index < -0.39 is 0 Å². The lowest BCUT2D eigenvalue weighted by molar-refractivity contribution is 0.316. The summed E-state index contributed by atoms with van der Waals surface area (Å²) in [4.78, 5) is 0. The van der Waals surface area contributed by atoms with E-state index in [0.29, 0.717) is 19.8 Å². The Hall–Kier alpha value is -0.930. The predicted octanol–water partition coefficient (Wildman–Crippen LogP) is 1.84. The summed E-state index contributed by atoms with van der Waals surface area (Å²) >= 11 is 0. The molecule has 0 saturated carbocycles. The quantitative estimate of drug-likeness (QED) is 0.819. The summed E-state index contributed by atoms with van der Waals surface area (Å²) < 4.78 is 10.7. The van der Waals surface area contributed by atoms with Crippen LogP contribution in [0, 0.1) is 0 Å². The molecular formula is C10H16ClNO2. The number of nitrogens with two attached hydrogens (primary N) is 1. The lowest BCUT2D eigenvalue weighted by Gasteiger charge is -2.06. The van der Waals surface area contributed by atoms with Gasteiger partial charge in [-0.25, -0.2) is 0 Å². The van der Waals surface area contributed by atoms with E-state index in [1.165, 1.54) is 0 Å². The van der Waals surface area contributed by atoms with Crippen LogP contribution in [0.1, 0.15) is 6.92 Å². The molecule has 0 spiro atoms. The maximum absolute atomic E-state index is 5.34. The minimum absolute atomic E-state index is 0. The minimum atomic E-state index is 0. The lowest BCUT2D eigenvalue weighted by Crippen LogP contribution is -2.10. The van der Waals surface area contributed by atoms with Crippen molar-refractivity contribution in [3.05, 3.63) is 24.3 Å². The molecule has 0 aromatic heterocycles. The number of benzene rings is 1. The van der Waals surface area contributed by atoms with Crippen LogP contribution in [0.15, 0.2) is 24.3 Å². The Morgan fingerprint density at radius 2 is 1.86 bits per heavy atom. The highest BCUT2D eigenvalue weighted by molar-refractivity contribution is 5.85. The van der Waals surface area contributed by atoms with Gasteiger partial charge in [0.2, 0.25) is 0 Å². The summed E-state index contributed by atoms with van der Waals surface area (Å²) in [5, 5.41) is 0. The van der Waals surface area contributed by atoms with E-state index in [1.807, 2.05) is 31.2 Å². The Bertz CT molecular complexity index is 256. The third kappa shape index (κ3) is 4.35. The van der Waals surface area contributed by atoms with E-state index in [-0.39, 0.29) is 12.4 Å². The van der Waals surface area contributed by atoms with Gasteiger partial charge in [-0.05, 0) is 19.1 Å². The fourth-order valence-electron chi connectivity index (χ4n) is 0.997. The SMILES string of the molecule is CCOc1cccc(OCCN)c1.Cl. The van der Waals surface area contributed by atoms with E-state index in [1.54, 1.807) is 0 Å². The third-order valence-corrected chi connectivity index (χ3v) is 1.50. The summed E-state index contributed by atoms with van der Waals surface area (Å²) in [5.74, 6) is 1.63. The normalized spacial score (nSPS) is 9.00. The number of hydrogen-bond donors (Lipinski definition) is 1. The highest BCUT2D eigenvalue weighted by atomic mass is 35.5. The van der Waals surface area contributed by atoms with E-state index >= 15 is 0 Å². The average molecular weight is 218 g/mol. The van der Waals surface area contributed by atoms with E-state index in [4.69, 9.17) is 15.2 Å². The first-order chi connectivity index (χ1) is 6.36. The van der Waals surface area contributed by atoms with E-state index in [0.717, 1.165) is 11.5 Å². The minimum Gasteiger partial charge on any atom is -0.494 e. The molecule has 3 nitrogen and oxygen atoms in total. The molecule has 0 heterocycles. The van der Waals surface area contributed by atoms with Crippen LogP contribution in [0.5, 0.6) is 11.5 Å². The van der Waals surface area contributed by atoms with Crippen molar-refractivity contribution in [2.45, 2.75) is 6.92 Å². The smallest absolute Gasteiger partial charge is 0.123 e. The van der Waals surface area contributed by atoms with Crippen molar-refractivity contribution < 1.29 is 9.47 Å². The Morgan fingerprint density at radius 1 is 1.21 bits per heavy atom. The molecule has 0 fully saturated rings. The molecule has 2 N–H and O–H groups in total. The molecule has 0 atom stereocenters. The van der Waals surface area contributed by atoms with Crippen molar-refractivity contribution in [2.24, 2.45) is 5.73 Å². The second-order valence-electron chi connectivity index (χ2n) is 2.55. The highest BCUT2D eigenvalue weighted by Crippen LogP contribution is 2.18. The second-order valence-corrected chi connectivity index (χ2v) is 2.55. The maximum atomic E-state index is 5.34. The van der Waals surface area contributed by atoms with Gasteiger partial charge in [0.15, 0.2) is 0 Å². The molecule has 14 heavy (non-hydrogen) atoms. The number of rotatable bonds is 5. The van der Waals surface area contributed by atoms with Gasteiger partial charge >= 0.3 is 0 Å². The van der Waals surface area contributed by atoms with Crippen LogP contribution in [0.4, 0.5) is 0 Å². The van der Waals surface area contributed by atoms with Crippen molar-refractivity contribution >= 4 is 12.4 Å². The van der Waals surface area contributed by atoms with Crippen LogP contribution in [0.3, 0.4) is 0 Å². The second kappa shape index (κ2) is 7.47. The van der Waals surface area contributed by atoms with Gasteiger partial charge in [-0.2, -0.15) is 0 Å². The van der Waals surface area contributed by atoms with Crippen LogP contribution < -0.4 is 15.2 Å². The van der Waals surface area contributed by atoms with E-state index in [9.17, 15) is 0 Å². The van der Waals surface area contributed by atoms with Crippen LogP contribution in [-0.4, -0.2) is 19.8 Å². The topological polar surface area (TPSA) is 44.5 Å². The zero-order valence-corrected chi connectivity index (χ0v) is 9.05. The zero-order chi connectivity index (χ0) is 9.52. The standard InChI is InChI=1S/C10H15NO2.ClH/c1-2-12-9-4-3-5-10(8-9)13-7-6-11;/h3-5,8H,2,6-7,11H2,1H3;1H. The molecule has 80 valence electrons. The first kappa shape index (κ1) is 13.1. The van der Waals surface area contributed by atoms with Crippen molar-refractivity contribution in [3.8, 4) is 11.5 Å². The summed E-state index contributed by atoms with van der Waals surface area (Å²) in [5.41, 5.74) is 5.32. The van der Waals surface area contributed by atoms with Gasteiger partial charge < -0.3 is 15.2 Å². The molecule has 0 aliphatic heterocycles. The number of halogens is 1. The molecular weight excluding hydrogens is 202 g/mol. The monoisotopic (exact) mass is 217 g/mol. The summed E-state index contributed by atoms with van der Waals surface area (Å²) in [6.45, 7) is 3.68. The van der Waals surface area contributed by atoms with Gasteiger partial charge in [0.1, 0.15) is 18.1 Å². The first-order valence-corrected chi connectivity index (χ1v) is 4.42. The molecule has 4 heteroatoms. The summed E-state index contributed by atoms with van der Waals surface area (Å²) in [7, 11) is 0. The number of hydrogen-bond acceptors (Lipinski definition) is 3. The van der Waals surface area contributed by atoms with Gasteiger partial charge in [-0.3, -0.25) is 0 Å². The molecule has 0 saturated heterocycles. The zero-order valence-electron chi connectivity index (χ0n) is 8.23. The molecule has 1 aromatic rings. The Morgan fingerprint density at radius 3 is 2.43 bits per heavy atom. The lowest BCUT2D eigenvalue weighted by atomic mass is 10.3. The Kier molecular flexibility index (Phi) is 6.98. The van der Waals surface area contributed by atoms with Gasteiger partial charge in [0.25, 0.3) is 0 Å². The fraction of sp³-hybridized carbons (Fsp3) is 0.400. The van der Waals surface area contributed by atoms with Crippen LogP contribution in [0.2, 0.25) is 0 Å². The maximum Gasteiger partial charge on any atom is 0.123 e. The van der Waals surface area contributed by atoms with Crippen LogP contribution >= 0.6 is 12.4 Å².